The highest BCUT2D eigenvalue weighted by Crippen LogP contribution is 2.10. The van der Waals surface area contributed by atoms with E-state index in [4.69, 9.17) is 4.74 Å². The minimum absolute atomic E-state index is 0.121. The second-order valence-corrected chi connectivity index (χ2v) is 4.85. The van der Waals surface area contributed by atoms with E-state index < -0.39 is 0 Å². The van der Waals surface area contributed by atoms with E-state index in [2.05, 4.69) is 22.8 Å². The molecule has 1 heterocycles. The van der Waals surface area contributed by atoms with E-state index in [0.717, 1.165) is 25.9 Å². The van der Waals surface area contributed by atoms with Gasteiger partial charge in [0.25, 0.3) is 0 Å². The molecule has 0 radical (unpaired) electrons. The fourth-order valence-electron chi connectivity index (χ4n) is 2.33. The molecule has 0 aliphatic carbocycles. The van der Waals surface area contributed by atoms with Crippen LogP contribution in [0.2, 0.25) is 0 Å². The summed E-state index contributed by atoms with van der Waals surface area (Å²) in [5.74, 6) is -0.121. The van der Waals surface area contributed by atoms with Gasteiger partial charge in [0, 0.05) is 19.1 Å². The van der Waals surface area contributed by atoms with Crippen LogP contribution in [0.1, 0.15) is 25.3 Å². The van der Waals surface area contributed by atoms with Gasteiger partial charge in [0.05, 0.1) is 6.61 Å². The fraction of sp³-hybridized carbons (Fsp3) is 0.533. The molecule has 2 atom stereocenters. The van der Waals surface area contributed by atoms with Crippen molar-refractivity contribution in [2.75, 3.05) is 13.2 Å². The highest BCUT2D eigenvalue weighted by atomic mass is 16.5. The van der Waals surface area contributed by atoms with Gasteiger partial charge in [-0.2, -0.15) is 0 Å². The standard InChI is InChI=1S/C15H22N2O2/c1-2-19-15(18)14-9-8-13(11-17-14)16-10-12-6-4-3-5-7-12/h3-7,13-14,16-17H,2,8-11H2,1H3/t13-,14-/m0/s1. The molecule has 0 saturated carbocycles. The number of carbonyl (C=O) groups excluding carboxylic acids is 1. The van der Waals surface area contributed by atoms with Gasteiger partial charge in [-0.1, -0.05) is 30.3 Å². The van der Waals surface area contributed by atoms with Crippen molar-refractivity contribution in [1.82, 2.24) is 10.6 Å². The summed E-state index contributed by atoms with van der Waals surface area (Å²) >= 11 is 0. The first-order chi connectivity index (χ1) is 9.29. The Morgan fingerprint density at radius 2 is 2.16 bits per heavy atom. The molecule has 1 aromatic rings. The zero-order chi connectivity index (χ0) is 13.5. The van der Waals surface area contributed by atoms with Crippen molar-refractivity contribution in [3.05, 3.63) is 35.9 Å². The topological polar surface area (TPSA) is 50.4 Å². The summed E-state index contributed by atoms with van der Waals surface area (Å²) in [4.78, 5) is 11.6. The van der Waals surface area contributed by atoms with Crippen LogP contribution in [-0.4, -0.2) is 31.2 Å². The monoisotopic (exact) mass is 262 g/mol. The van der Waals surface area contributed by atoms with Crippen LogP contribution < -0.4 is 10.6 Å². The number of ether oxygens (including phenoxy) is 1. The normalized spacial score (nSPS) is 23.0. The van der Waals surface area contributed by atoms with Gasteiger partial charge in [-0.25, -0.2) is 0 Å². The molecule has 19 heavy (non-hydrogen) atoms. The van der Waals surface area contributed by atoms with Crippen LogP contribution in [0.25, 0.3) is 0 Å². The van der Waals surface area contributed by atoms with Crippen molar-refractivity contribution >= 4 is 5.97 Å². The van der Waals surface area contributed by atoms with Crippen LogP contribution in [0, 0.1) is 0 Å². The van der Waals surface area contributed by atoms with Crippen LogP contribution in [0.15, 0.2) is 30.3 Å². The van der Waals surface area contributed by atoms with Crippen molar-refractivity contribution in [1.29, 1.82) is 0 Å². The molecule has 0 unspecified atom stereocenters. The number of piperidine rings is 1. The maximum atomic E-state index is 11.6. The smallest absolute Gasteiger partial charge is 0.323 e. The molecular formula is C15H22N2O2. The summed E-state index contributed by atoms with van der Waals surface area (Å²) in [6.07, 6.45) is 1.84. The van der Waals surface area contributed by atoms with Gasteiger partial charge < -0.3 is 15.4 Å². The average molecular weight is 262 g/mol. The van der Waals surface area contributed by atoms with Crippen molar-refractivity contribution in [3.63, 3.8) is 0 Å². The molecule has 4 heteroatoms. The second kappa shape index (κ2) is 7.26. The van der Waals surface area contributed by atoms with E-state index in [1.165, 1.54) is 5.56 Å². The van der Waals surface area contributed by atoms with E-state index in [0.29, 0.717) is 12.6 Å². The summed E-state index contributed by atoms with van der Waals surface area (Å²) in [7, 11) is 0. The van der Waals surface area contributed by atoms with E-state index >= 15 is 0 Å². The van der Waals surface area contributed by atoms with E-state index in [9.17, 15) is 4.79 Å². The molecule has 1 aliphatic rings. The largest absolute Gasteiger partial charge is 0.465 e. The van der Waals surface area contributed by atoms with Gasteiger partial charge in [0.2, 0.25) is 0 Å². The second-order valence-electron chi connectivity index (χ2n) is 4.85. The van der Waals surface area contributed by atoms with Gasteiger partial charge in [-0.05, 0) is 25.3 Å². The Hall–Kier alpha value is -1.39. The molecular weight excluding hydrogens is 240 g/mol. The van der Waals surface area contributed by atoms with Gasteiger partial charge in [0.1, 0.15) is 6.04 Å². The molecule has 1 fully saturated rings. The molecule has 1 saturated heterocycles. The SMILES string of the molecule is CCOC(=O)[C@@H]1CC[C@H](NCc2ccccc2)CN1. The van der Waals surface area contributed by atoms with Crippen molar-refractivity contribution < 1.29 is 9.53 Å². The Morgan fingerprint density at radius 1 is 1.37 bits per heavy atom. The molecule has 2 rings (SSSR count). The van der Waals surface area contributed by atoms with Crippen LogP contribution in [0.5, 0.6) is 0 Å². The summed E-state index contributed by atoms with van der Waals surface area (Å²) < 4.78 is 5.02. The van der Waals surface area contributed by atoms with Gasteiger partial charge in [-0.15, -0.1) is 0 Å². The molecule has 4 nitrogen and oxygen atoms in total. The van der Waals surface area contributed by atoms with Gasteiger partial charge >= 0.3 is 5.97 Å². The zero-order valence-electron chi connectivity index (χ0n) is 11.4. The molecule has 1 aromatic carbocycles. The first-order valence-electron chi connectivity index (χ1n) is 6.97. The lowest BCUT2D eigenvalue weighted by molar-refractivity contribution is -0.146. The van der Waals surface area contributed by atoms with Crippen LogP contribution >= 0.6 is 0 Å². The summed E-state index contributed by atoms with van der Waals surface area (Å²) in [6, 6.07) is 10.6. The molecule has 0 spiro atoms. The zero-order valence-corrected chi connectivity index (χ0v) is 11.4. The number of hydrogen-bond acceptors (Lipinski definition) is 4. The Kier molecular flexibility index (Phi) is 5.36. The number of nitrogens with one attached hydrogen (secondary N) is 2. The van der Waals surface area contributed by atoms with Crippen LogP contribution in [0.4, 0.5) is 0 Å². The van der Waals surface area contributed by atoms with E-state index in [1.54, 1.807) is 0 Å². The number of rotatable bonds is 5. The molecule has 104 valence electrons. The lowest BCUT2D eigenvalue weighted by Gasteiger charge is -2.29. The third-order valence-electron chi connectivity index (χ3n) is 3.42. The van der Waals surface area contributed by atoms with Crippen molar-refractivity contribution in [2.45, 2.75) is 38.4 Å². The molecule has 1 aliphatic heterocycles. The first kappa shape index (κ1) is 14.0. The van der Waals surface area contributed by atoms with Crippen molar-refractivity contribution in [3.8, 4) is 0 Å². The Morgan fingerprint density at radius 3 is 2.79 bits per heavy atom. The average Bonchev–Trinajstić information content (AvgIpc) is 2.47. The maximum Gasteiger partial charge on any atom is 0.323 e. The van der Waals surface area contributed by atoms with Crippen molar-refractivity contribution in [2.24, 2.45) is 0 Å². The lowest BCUT2D eigenvalue weighted by atomic mass is 10.0. The number of benzene rings is 1. The maximum absolute atomic E-state index is 11.6. The highest BCUT2D eigenvalue weighted by molar-refractivity contribution is 5.75. The number of esters is 1. The Labute approximate surface area is 114 Å². The molecule has 0 amide bonds. The summed E-state index contributed by atoms with van der Waals surface area (Å²) in [5.41, 5.74) is 1.29. The predicted molar refractivity (Wildman–Crippen MR) is 74.7 cm³/mol. The first-order valence-corrected chi connectivity index (χ1v) is 6.97. The quantitative estimate of drug-likeness (QED) is 0.789. The Balaban J connectivity index is 1.70. The molecule has 0 bridgehead atoms. The van der Waals surface area contributed by atoms with Crippen LogP contribution in [-0.2, 0) is 16.1 Å². The molecule has 0 aromatic heterocycles. The third-order valence-corrected chi connectivity index (χ3v) is 3.42. The minimum Gasteiger partial charge on any atom is -0.465 e. The summed E-state index contributed by atoms with van der Waals surface area (Å²) in [6.45, 7) is 3.98. The van der Waals surface area contributed by atoms with Crippen LogP contribution in [0.3, 0.4) is 0 Å². The Bertz CT molecular complexity index is 386. The van der Waals surface area contributed by atoms with E-state index in [1.807, 2.05) is 25.1 Å². The fourth-order valence-corrected chi connectivity index (χ4v) is 2.33. The van der Waals surface area contributed by atoms with E-state index in [-0.39, 0.29) is 12.0 Å². The number of carbonyl (C=O) groups is 1. The van der Waals surface area contributed by atoms with Gasteiger partial charge in [0.15, 0.2) is 0 Å². The minimum atomic E-state index is -0.130. The highest BCUT2D eigenvalue weighted by Gasteiger charge is 2.26. The lowest BCUT2D eigenvalue weighted by Crippen LogP contribution is -2.51. The number of hydrogen-bond donors (Lipinski definition) is 2. The van der Waals surface area contributed by atoms with Gasteiger partial charge in [-0.3, -0.25) is 4.79 Å². The molecule has 2 N–H and O–H groups in total. The predicted octanol–water partition coefficient (Wildman–Crippen LogP) is 1.46. The summed E-state index contributed by atoms with van der Waals surface area (Å²) in [5, 5.41) is 6.77. The third kappa shape index (κ3) is 4.33.